The van der Waals surface area contributed by atoms with E-state index in [1.807, 2.05) is 14.1 Å². The van der Waals surface area contributed by atoms with Crippen LogP contribution in [0.4, 0.5) is 11.4 Å². The van der Waals surface area contributed by atoms with Crippen molar-refractivity contribution >= 4 is 33.2 Å². The zero-order valence-corrected chi connectivity index (χ0v) is 16.7. The molecular formula is C17H26N4O4S. The van der Waals surface area contributed by atoms with Gasteiger partial charge in [0.15, 0.2) is 0 Å². The van der Waals surface area contributed by atoms with Crippen LogP contribution in [0.3, 0.4) is 0 Å². The summed E-state index contributed by atoms with van der Waals surface area (Å²) < 4.78 is 24.5. The van der Waals surface area contributed by atoms with E-state index < -0.39 is 16.1 Å². The molecule has 0 aromatic heterocycles. The van der Waals surface area contributed by atoms with Gasteiger partial charge in [-0.2, -0.15) is 4.31 Å². The van der Waals surface area contributed by atoms with Crippen molar-refractivity contribution in [2.75, 3.05) is 57.3 Å². The van der Waals surface area contributed by atoms with Crippen LogP contribution in [0.5, 0.6) is 0 Å². The van der Waals surface area contributed by atoms with Crippen molar-refractivity contribution in [3.05, 3.63) is 24.3 Å². The fourth-order valence-electron chi connectivity index (χ4n) is 2.87. The van der Waals surface area contributed by atoms with Gasteiger partial charge in [-0.15, -0.1) is 0 Å². The minimum atomic E-state index is -3.42. The van der Waals surface area contributed by atoms with E-state index in [2.05, 4.69) is 0 Å². The monoisotopic (exact) mass is 382 g/mol. The number of hydrogen-bond donors (Lipinski definition) is 0. The Kier molecular flexibility index (Phi) is 6.05. The Labute approximate surface area is 155 Å². The molecule has 1 heterocycles. The SMILES string of the molecule is CN(C)CC(=O)N(C)c1ccc(N2CCC(N(C)S(C)(=O)=O)C2=O)cc1. The van der Waals surface area contributed by atoms with Crippen LogP contribution in [0.1, 0.15) is 6.42 Å². The summed E-state index contributed by atoms with van der Waals surface area (Å²) in [7, 11) is 3.37. The van der Waals surface area contributed by atoms with Gasteiger partial charge in [-0.25, -0.2) is 8.42 Å². The molecule has 1 aliphatic heterocycles. The highest BCUT2D eigenvalue weighted by atomic mass is 32.2. The lowest BCUT2D eigenvalue weighted by Gasteiger charge is -2.23. The number of carbonyl (C=O) groups is 2. The Bertz CT molecular complexity index is 776. The maximum absolute atomic E-state index is 12.6. The molecule has 26 heavy (non-hydrogen) atoms. The van der Waals surface area contributed by atoms with Crippen LogP contribution in [-0.2, 0) is 19.6 Å². The number of amides is 2. The molecule has 1 aromatic rings. The molecule has 0 spiro atoms. The Balaban J connectivity index is 2.12. The predicted octanol–water partition coefficient (Wildman–Crippen LogP) is 0.208. The standard InChI is InChI=1S/C17H26N4O4S/c1-18(2)12-16(22)19(3)13-6-8-14(9-7-13)21-11-10-15(17(21)23)20(4)26(5,24)25/h6-9,15H,10-12H2,1-5H3. The average molecular weight is 382 g/mol. The van der Waals surface area contributed by atoms with Gasteiger partial charge in [-0.1, -0.05) is 0 Å². The van der Waals surface area contributed by atoms with Gasteiger partial charge in [-0.3, -0.25) is 9.59 Å². The largest absolute Gasteiger partial charge is 0.314 e. The summed E-state index contributed by atoms with van der Waals surface area (Å²) in [4.78, 5) is 29.7. The Morgan fingerprint density at radius 3 is 2.23 bits per heavy atom. The molecule has 2 rings (SSSR count). The summed E-state index contributed by atoms with van der Waals surface area (Å²) in [6.45, 7) is 0.764. The van der Waals surface area contributed by atoms with E-state index in [0.29, 0.717) is 25.2 Å². The molecular weight excluding hydrogens is 356 g/mol. The molecule has 0 bridgehead atoms. The van der Waals surface area contributed by atoms with E-state index in [1.165, 1.54) is 7.05 Å². The first kappa shape index (κ1) is 20.3. The number of likely N-dealkylation sites (N-methyl/N-ethyl adjacent to an activating group) is 3. The lowest BCUT2D eigenvalue weighted by atomic mass is 10.2. The molecule has 144 valence electrons. The number of anilines is 2. The van der Waals surface area contributed by atoms with Crippen molar-refractivity contribution in [3.63, 3.8) is 0 Å². The molecule has 1 fully saturated rings. The fraction of sp³-hybridized carbons (Fsp3) is 0.529. The highest BCUT2D eigenvalue weighted by molar-refractivity contribution is 7.88. The quantitative estimate of drug-likeness (QED) is 0.702. The first-order valence-corrected chi connectivity index (χ1v) is 10.1. The first-order chi connectivity index (χ1) is 12.0. The summed E-state index contributed by atoms with van der Waals surface area (Å²) in [5, 5.41) is 0. The first-order valence-electron chi connectivity index (χ1n) is 8.28. The van der Waals surface area contributed by atoms with Gasteiger partial charge in [0.2, 0.25) is 21.8 Å². The molecule has 1 unspecified atom stereocenters. The second-order valence-electron chi connectivity index (χ2n) is 6.78. The van der Waals surface area contributed by atoms with Crippen molar-refractivity contribution in [1.29, 1.82) is 0 Å². The number of benzene rings is 1. The highest BCUT2D eigenvalue weighted by Crippen LogP contribution is 2.27. The van der Waals surface area contributed by atoms with E-state index in [1.54, 1.807) is 46.0 Å². The number of carbonyl (C=O) groups excluding carboxylic acids is 2. The molecule has 0 aliphatic carbocycles. The smallest absolute Gasteiger partial charge is 0.245 e. The molecule has 8 nitrogen and oxygen atoms in total. The van der Waals surface area contributed by atoms with Crippen LogP contribution in [-0.4, -0.2) is 83.0 Å². The lowest BCUT2D eigenvalue weighted by molar-refractivity contribution is -0.120. The molecule has 0 saturated carbocycles. The number of hydrogen-bond acceptors (Lipinski definition) is 5. The Hall–Kier alpha value is -1.97. The van der Waals surface area contributed by atoms with Gasteiger partial charge in [0, 0.05) is 32.0 Å². The summed E-state index contributed by atoms with van der Waals surface area (Å²) >= 11 is 0. The van der Waals surface area contributed by atoms with Crippen molar-refractivity contribution < 1.29 is 18.0 Å². The molecule has 0 N–H and O–H groups in total. The maximum atomic E-state index is 12.6. The maximum Gasteiger partial charge on any atom is 0.245 e. The van der Waals surface area contributed by atoms with Gasteiger partial charge in [-0.05, 0) is 44.8 Å². The zero-order chi connectivity index (χ0) is 19.6. The Morgan fingerprint density at radius 2 is 1.73 bits per heavy atom. The number of nitrogens with zero attached hydrogens (tertiary/aromatic N) is 4. The average Bonchev–Trinajstić information content (AvgIpc) is 2.93. The van der Waals surface area contributed by atoms with E-state index in [4.69, 9.17) is 0 Å². The molecule has 9 heteroatoms. The Morgan fingerprint density at radius 1 is 1.15 bits per heavy atom. The van der Waals surface area contributed by atoms with Gasteiger partial charge in [0.1, 0.15) is 6.04 Å². The third kappa shape index (κ3) is 4.40. The fourth-order valence-corrected chi connectivity index (χ4v) is 3.52. The van der Waals surface area contributed by atoms with Crippen LogP contribution in [0.25, 0.3) is 0 Å². The normalized spacial score (nSPS) is 18.0. The van der Waals surface area contributed by atoms with Crippen molar-refractivity contribution in [1.82, 2.24) is 9.21 Å². The predicted molar refractivity (Wildman–Crippen MR) is 102 cm³/mol. The van der Waals surface area contributed by atoms with Gasteiger partial charge < -0.3 is 14.7 Å². The zero-order valence-electron chi connectivity index (χ0n) is 15.8. The summed E-state index contributed by atoms with van der Waals surface area (Å²) in [5.41, 5.74) is 1.42. The molecule has 0 radical (unpaired) electrons. The van der Waals surface area contributed by atoms with Gasteiger partial charge in [0.25, 0.3) is 0 Å². The minimum absolute atomic E-state index is 0.0326. The van der Waals surface area contributed by atoms with E-state index >= 15 is 0 Å². The summed E-state index contributed by atoms with van der Waals surface area (Å²) in [5.74, 6) is -0.266. The summed E-state index contributed by atoms with van der Waals surface area (Å²) in [6.07, 6.45) is 1.55. The topological polar surface area (TPSA) is 81.2 Å². The molecule has 1 aliphatic rings. The van der Waals surface area contributed by atoms with Gasteiger partial charge >= 0.3 is 0 Å². The van der Waals surface area contributed by atoms with Gasteiger partial charge in [0.05, 0.1) is 12.8 Å². The third-order valence-corrected chi connectivity index (χ3v) is 5.81. The molecule has 1 atom stereocenters. The van der Waals surface area contributed by atoms with Crippen molar-refractivity contribution in [2.24, 2.45) is 0 Å². The molecule has 1 saturated heterocycles. The van der Waals surface area contributed by atoms with Crippen LogP contribution in [0.15, 0.2) is 24.3 Å². The van der Waals surface area contributed by atoms with Crippen LogP contribution < -0.4 is 9.80 Å². The van der Waals surface area contributed by atoms with Crippen molar-refractivity contribution in [2.45, 2.75) is 12.5 Å². The number of rotatable bonds is 6. The van der Waals surface area contributed by atoms with Crippen LogP contribution >= 0.6 is 0 Å². The second kappa shape index (κ2) is 7.73. The van der Waals surface area contributed by atoms with E-state index in [9.17, 15) is 18.0 Å². The van der Waals surface area contributed by atoms with E-state index in [-0.39, 0.29) is 11.8 Å². The minimum Gasteiger partial charge on any atom is -0.314 e. The van der Waals surface area contributed by atoms with Crippen molar-refractivity contribution in [3.8, 4) is 0 Å². The van der Waals surface area contributed by atoms with Crippen LogP contribution in [0, 0.1) is 0 Å². The highest BCUT2D eigenvalue weighted by Gasteiger charge is 2.38. The third-order valence-electron chi connectivity index (χ3n) is 4.51. The molecule has 1 aromatic carbocycles. The number of sulfonamides is 1. The lowest BCUT2D eigenvalue weighted by Crippen LogP contribution is -2.42. The van der Waals surface area contributed by atoms with Crippen LogP contribution in [0.2, 0.25) is 0 Å². The van der Waals surface area contributed by atoms with E-state index in [0.717, 1.165) is 16.2 Å². The summed E-state index contributed by atoms with van der Waals surface area (Å²) in [6, 6.07) is 6.44. The second-order valence-corrected chi connectivity index (χ2v) is 8.82. The molecule has 2 amide bonds.